The highest BCUT2D eigenvalue weighted by Gasteiger charge is 2.25. The lowest BCUT2D eigenvalue weighted by atomic mass is 10.1. The van der Waals surface area contributed by atoms with Gasteiger partial charge in [0, 0.05) is 0 Å². The molecule has 130 valence electrons. The zero-order valence-corrected chi connectivity index (χ0v) is 14.3. The van der Waals surface area contributed by atoms with Crippen molar-refractivity contribution in [3.63, 3.8) is 0 Å². The van der Waals surface area contributed by atoms with E-state index in [2.05, 4.69) is 0 Å². The van der Waals surface area contributed by atoms with Crippen LogP contribution in [0.4, 0.5) is 14.5 Å². The van der Waals surface area contributed by atoms with Crippen molar-refractivity contribution in [2.75, 3.05) is 4.72 Å². The second-order valence-corrected chi connectivity index (χ2v) is 8.29. The van der Waals surface area contributed by atoms with Crippen molar-refractivity contribution in [3.8, 4) is 0 Å². The predicted octanol–water partition coefficient (Wildman–Crippen LogP) is 2.03. The maximum Gasteiger partial charge on any atom is 0.267 e. The number of hydrogen-bond acceptors (Lipinski definition) is 4. The molecule has 2 aromatic rings. The van der Waals surface area contributed by atoms with E-state index < -0.39 is 36.6 Å². The fourth-order valence-corrected chi connectivity index (χ4v) is 3.91. The molecule has 0 amide bonds. The summed E-state index contributed by atoms with van der Waals surface area (Å²) in [6, 6.07) is 4.90. The van der Waals surface area contributed by atoms with E-state index >= 15 is 0 Å². The molecule has 10 heteroatoms. The topological polar surface area (TPSA) is 106 Å². The van der Waals surface area contributed by atoms with E-state index in [9.17, 15) is 25.6 Å². The number of anilines is 1. The maximum absolute atomic E-state index is 13.7. The Labute approximate surface area is 138 Å². The molecule has 0 saturated carbocycles. The van der Waals surface area contributed by atoms with Crippen molar-refractivity contribution < 1.29 is 25.6 Å². The number of hydrogen-bond donors (Lipinski definition) is 2. The van der Waals surface area contributed by atoms with Crippen molar-refractivity contribution in [2.24, 2.45) is 5.14 Å². The summed E-state index contributed by atoms with van der Waals surface area (Å²) in [5.41, 5.74) is 0.692. The fourth-order valence-electron chi connectivity index (χ4n) is 2.03. The summed E-state index contributed by atoms with van der Waals surface area (Å²) in [6.45, 7) is 3.07. The quantitative estimate of drug-likeness (QED) is 0.851. The zero-order valence-electron chi connectivity index (χ0n) is 12.7. The van der Waals surface area contributed by atoms with Gasteiger partial charge in [0.05, 0.1) is 10.6 Å². The lowest BCUT2D eigenvalue weighted by Gasteiger charge is -2.14. The molecule has 0 aliphatic rings. The molecule has 0 radical (unpaired) electrons. The first-order valence-electron chi connectivity index (χ1n) is 6.54. The van der Waals surface area contributed by atoms with Gasteiger partial charge in [-0.15, -0.1) is 0 Å². The Morgan fingerprint density at radius 3 is 2.04 bits per heavy atom. The normalized spacial score (nSPS) is 12.2. The van der Waals surface area contributed by atoms with E-state index in [0.717, 1.165) is 24.3 Å². The standard InChI is InChI=1S/C14H14F2N2O4S2/c1-8-6-10(23(17,19)20)7-13(9(8)2)18-24(21,22)14-11(15)4-3-5-12(14)16/h3-7,18H,1-2H3,(H2,17,19,20). The molecule has 6 nitrogen and oxygen atoms in total. The molecule has 0 aromatic heterocycles. The minimum atomic E-state index is -4.61. The summed E-state index contributed by atoms with van der Waals surface area (Å²) in [5, 5.41) is 5.04. The number of nitrogens with one attached hydrogen (secondary N) is 1. The summed E-state index contributed by atoms with van der Waals surface area (Å²) in [6.07, 6.45) is 0. The fraction of sp³-hybridized carbons (Fsp3) is 0.143. The van der Waals surface area contributed by atoms with E-state index in [0.29, 0.717) is 11.1 Å². The molecule has 0 aliphatic carbocycles. The van der Waals surface area contributed by atoms with Crippen LogP contribution in [-0.4, -0.2) is 16.8 Å². The van der Waals surface area contributed by atoms with Crippen molar-refractivity contribution >= 4 is 25.7 Å². The summed E-state index contributed by atoms with van der Waals surface area (Å²) < 4.78 is 77.0. The summed E-state index contributed by atoms with van der Waals surface area (Å²) >= 11 is 0. The summed E-state index contributed by atoms with van der Waals surface area (Å²) in [5.74, 6) is -2.53. The molecule has 0 aliphatic heterocycles. The van der Waals surface area contributed by atoms with Crippen LogP contribution in [0.3, 0.4) is 0 Å². The second-order valence-electron chi connectivity index (χ2n) is 5.11. The molecule has 0 saturated heterocycles. The van der Waals surface area contributed by atoms with Gasteiger partial charge in [0.15, 0.2) is 4.90 Å². The molecular formula is C14H14F2N2O4S2. The number of nitrogens with two attached hydrogens (primary N) is 1. The van der Waals surface area contributed by atoms with Gasteiger partial charge in [-0.1, -0.05) is 6.07 Å². The van der Waals surface area contributed by atoms with Crippen molar-refractivity contribution in [1.82, 2.24) is 0 Å². The summed E-state index contributed by atoms with van der Waals surface area (Å²) in [7, 11) is -8.70. The Morgan fingerprint density at radius 1 is 1.00 bits per heavy atom. The van der Waals surface area contributed by atoms with Crippen LogP contribution in [0, 0.1) is 25.5 Å². The van der Waals surface area contributed by atoms with Crippen molar-refractivity contribution in [1.29, 1.82) is 0 Å². The Kier molecular flexibility index (Phi) is 4.66. The Hall–Kier alpha value is -2.04. The van der Waals surface area contributed by atoms with Crippen LogP contribution in [0.15, 0.2) is 40.1 Å². The minimum absolute atomic E-state index is 0.137. The minimum Gasteiger partial charge on any atom is -0.279 e. The number of rotatable bonds is 4. The smallest absolute Gasteiger partial charge is 0.267 e. The molecule has 24 heavy (non-hydrogen) atoms. The highest BCUT2D eigenvalue weighted by molar-refractivity contribution is 7.92. The largest absolute Gasteiger partial charge is 0.279 e. The van der Waals surface area contributed by atoms with Gasteiger partial charge in [-0.25, -0.2) is 30.8 Å². The van der Waals surface area contributed by atoms with Crippen LogP contribution in [-0.2, 0) is 20.0 Å². The monoisotopic (exact) mass is 376 g/mol. The molecule has 0 heterocycles. The van der Waals surface area contributed by atoms with Crippen LogP contribution in [0.1, 0.15) is 11.1 Å². The lowest BCUT2D eigenvalue weighted by Crippen LogP contribution is -2.18. The van der Waals surface area contributed by atoms with E-state index in [1.807, 2.05) is 4.72 Å². The number of halogens is 2. The van der Waals surface area contributed by atoms with Gasteiger partial charge in [-0.2, -0.15) is 0 Å². The van der Waals surface area contributed by atoms with Gasteiger partial charge in [0.2, 0.25) is 10.0 Å². The highest BCUT2D eigenvalue weighted by Crippen LogP contribution is 2.27. The van der Waals surface area contributed by atoms with E-state index in [-0.39, 0.29) is 10.6 Å². The van der Waals surface area contributed by atoms with Gasteiger partial charge >= 0.3 is 0 Å². The van der Waals surface area contributed by atoms with Gasteiger partial charge in [0.1, 0.15) is 11.6 Å². The Morgan fingerprint density at radius 2 is 1.54 bits per heavy atom. The zero-order chi connectivity index (χ0) is 18.3. The summed E-state index contributed by atoms with van der Waals surface area (Å²) in [4.78, 5) is -1.47. The van der Waals surface area contributed by atoms with Gasteiger partial charge < -0.3 is 0 Å². The van der Waals surface area contributed by atoms with E-state index in [4.69, 9.17) is 5.14 Å². The maximum atomic E-state index is 13.7. The van der Waals surface area contributed by atoms with Gasteiger partial charge in [-0.05, 0) is 49.2 Å². The Balaban J connectivity index is 2.61. The third-order valence-electron chi connectivity index (χ3n) is 3.40. The van der Waals surface area contributed by atoms with Gasteiger partial charge in [-0.3, -0.25) is 4.72 Å². The van der Waals surface area contributed by atoms with Crippen molar-refractivity contribution in [2.45, 2.75) is 23.6 Å². The average Bonchev–Trinajstić information content (AvgIpc) is 2.41. The molecule has 0 unspecified atom stereocenters. The average molecular weight is 376 g/mol. The van der Waals surface area contributed by atoms with Crippen LogP contribution in [0.5, 0.6) is 0 Å². The van der Waals surface area contributed by atoms with E-state index in [1.165, 1.54) is 13.0 Å². The third kappa shape index (κ3) is 3.55. The van der Waals surface area contributed by atoms with Crippen molar-refractivity contribution in [3.05, 3.63) is 53.1 Å². The number of benzene rings is 2. The molecular weight excluding hydrogens is 362 g/mol. The molecule has 0 bridgehead atoms. The molecule has 0 spiro atoms. The number of primary sulfonamides is 1. The molecule has 2 aromatic carbocycles. The Bertz CT molecular complexity index is 999. The first-order chi connectivity index (χ1) is 10.9. The molecule has 0 fully saturated rings. The molecule has 3 N–H and O–H groups in total. The first-order valence-corrected chi connectivity index (χ1v) is 9.57. The van der Waals surface area contributed by atoms with E-state index in [1.54, 1.807) is 6.92 Å². The second kappa shape index (κ2) is 6.11. The third-order valence-corrected chi connectivity index (χ3v) is 5.71. The SMILES string of the molecule is Cc1cc(S(N)(=O)=O)cc(NS(=O)(=O)c2c(F)cccc2F)c1C. The lowest BCUT2D eigenvalue weighted by molar-refractivity contribution is 0.521. The van der Waals surface area contributed by atoms with Crippen LogP contribution < -0.4 is 9.86 Å². The highest BCUT2D eigenvalue weighted by atomic mass is 32.2. The first kappa shape index (κ1) is 18.3. The molecule has 0 atom stereocenters. The van der Waals surface area contributed by atoms with Crippen LogP contribution in [0.2, 0.25) is 0 Å². The number of aryl methyl sites for hydroxylation is 1. The van der Waals surface area contributed by atoms with Gasteiger partial charge in [0.25, 0.3) is 10.0 Å². The van der Waals surface area contributed by atoms with Crippen LogP contribution >= 0.6 is 0 Å². The van der Waals surface area contributed by atoms with Crippen LogP contribution in [0.25, 0.3) is 0 Å². The number of sulfonamides is 2. The molecule has 2 rings (SSSR count). The predicted molar refractivity (Wildman–Crippen MR) is 84.5 cm³/mol.